The minimum Gasteiger partial charge on any atom is -0.376 e. The molecule has 1 aromatic heterocycles. The lowest BCUT2D eigenvalue weighted by Gasteiger charge is -2.43. The molecule has 1 N–H and O–H groups in total. The molecule has 1 fully saturated rings. The summed E-state index contributed by atoms with van der Waals surface area (Å²) in [5.41, 5.74) is 3.77. The summed E-state index contributed by atoms with van der Waals surface area (Å²) in [5, 5.41) is 3.41. The zero-order valence-corrected chi connectivity index (χ0v) is 16.6. The zero-order valence-electron chi connectivity index (χ0n) is 16.6. The third kappa shape index (κ3) is 5.30. The largest absolute Gasteiger partial charge is 0.376 e. The Bertz CT molecular complexity index is 676. The first-order chi connectivity index (χ1) is 13.2. The van der Waals surface area contributed by atoms with Crippen molar-refractivity contribution in [1.82, 2.24) is 9.88 Å². The fourth-order valence-corrected chi connectivity index (χ4v) is 3.78. The lowest BCUT2D eigenvalue weighted by atomic mass is 10.0. The van der Waals surface area contributed by atoms with Crippen molar-refractivity contribution in [3.05, 3.63) is 60.3 Å². The van der Waals surface area contributed by atoms with Crippen LogP contribution < -0.4 is 5.32 Å². The predicted molar refractivity (Wildman–Crippen MR) is 113 cm³/mol. The molecule has 3 rings (SSSR count). The zero-order chi connectivity index (χ0) is 19.1. The van der Waals surface area contributed by atoms with E-state index in [1.165, 1.54) is 23.3 Å². The smallest absolute Gasteiger partial charge is 0.129 e. The molecule has 1 saturated heterocycles. The summed E-state index contributed by atoms with van der Waals surface area (Å²) >= 11 is 0. The van der Waals surface area contributed by atoms with Crippen LogP contribution in [0.25, 0.3) is 0 Å². The molecule has 1 aromatic rings. The highest BCUT2D eigenvalue weighted by atomic mass is 16.5. The number of aromatic nitrogens is 1. The van der Waals surface area contributed by atoms with E-state index in [2.05, 4.69) is 42.4 Å². The number of aryl methyl sites for hydroxylation is 2. The summed E-state index contributed by atoms with van der Waals surface area (Å²) in [6.45, 7) is 13.8. The topological polar surface area (TPSA) is 37.4 Å². The van der Waals surface area contributed by atoms with Gasteiger partial charge in [0, 0.05) is 38.0 Å². The fourth-order valence-electron chi connectivity index (χ4n) is 3.78. The van der Waals surface area contributed by atoms with Crippen LogP contribution >= 0.6 is 0 Å². The van der Waals surface area contributed by atoms with Gasteiger partial charge in [0.2, 0.25) is 0 Å². The Morgan fingerprint density at radius 3 is 3.00 bits per heavy atom. The second kappa shape index (κ2) is 9.86. The number of likely N-dealkylation sites (tertiary alicyclic amines) is 1. The molecule has 4 nitrogen and oxygen atoms in total. The number of unbranched alkanes of at least 4 members (excludes halogenated alkanes) is 1. The third-order valence-corrected chi connectivity index (χ3v) is 5.59. The minimum atomic E-state index is 0.369. The van der Waals surface area contributed by atoms with Gasteiger partial charge < -0.3 is 10.1 Å². The average molecular weight is 368 g/mol. The monoisotopic (exact) mass is 367 g/mol. The molecule has 0 aliphatic carbocycles. The van der Waals surface area contributed by atoms with Crippen LogP contribution in [-0.4, -0.2) is 48.3 Å². The van der Waals surface area contributed by atoms with Crippen molar-refractivity contribution in [1.29, 1.82) is 0 Å². The van der Waals surface area contributed by atoms with Crippen LogP contribution in [0.3, 0.4) is 0 Å². The van der Waals surface area contributed by atoms with Gasteiger partial charge in [-0.2, -0.15) is 0 Å². The van der Waals surface area contributed by atoms with Crippen LogP contribution in [0.1, 0.15) is 37.4 Å². The van der Waals surface area contributed by atoms with Gasteiger partial charge in [-0.25, -0.2) is 4.98 Å². The molecule has 0 saturated carbocycles. The van der Waals surface area contributed by atoms with E-state index in [9.17, 15) is 0 Å². The van der Waals surface area contributed by atoms with Gasteiger partial charge in [0.25, 0.3) is 0 Å². The van der Waals surface area contributed by atoms with Gasteiger partial charge in [-0.3, -0.25) is 4.90 Å². The maximum Gasteiger partial charge on any atom is 0.129 e. The molecule has 0 radical (unpaired) electrons. The molecule has 3 heterocycles. The van der Waals surface area contributed by atoms with Crippen LogP contribution in [0.15, 0.2) is 49.1 Å². The number of pyridine rings is 1. The van der Waals surface area contributed by atoms with Gasteiger partial charge in [-0.05, 0) is 56.2 Å². The number of anilines is 1. The number of allylic oxidation sites excluding steroid dienone is 2. The summed E-state index contributed by atoms with van der Waals surface area (Å²) in [5.74, 6) is 1.10. The lowest BCUT2D eigenvalue weighted by Crippen LogP contribution is -2.56. The van der Waals surface area contributed by atoms with Gasteiger partial charge in [-0.15, -0.1) is 0 Å². The van der Waals surface area contributed by atoms with E-state index in [0.29, 0.717) is 12.1 Å². The summed E-state index contributed by atoms with van der Waals surface area (Å²) in [6, 6.07) is 4.80. The van der Waals surface area contributed by atoms with Crippen LogP contribution in [0.4, 0.5) is 5.82 Å². The maximum absolute atomic E-state index is 6.02. The summed E-state index contributed by atoms with van der Waals surface area (Å²) in [7, 11) is 0. The van der Waals surface area contributed by atoms with Crippen molar-refractivity contribution in [3.8, 4) is 0 Å². The Morgan fingerprint density at radius 1 is 1.37 bits per heavy atom. The molecule has 2 aliphatic rings. The number of nitrogens with zero attached hydrogens (tertiary/aromatic N) is 2. The second-order valence-electron chi connectivity index (χ2n) is 7.53. The van der Waals surface area contributed by atoms with Crippen molar-refractivity contribution < 1.29 is 4.74 Å². The summed E-state index contributed by atoms with van der Waals surface area (Å²) in [6.07, 6.45) is 11.8. The van der Waals surface area contributed by atoms with E-state index in [0.717, 1.165) is 57.7 Å². The first-order valence-corrected chi connectivity index (χ1v) is 10.2. The first-order valence-electron chi connectivity index (χ1n) is 10.2. The number of rotatable bonds is 10. The van der Waals surface area contributed by atoms with E-state index in [-0.39, 0.29) is 0 Å². The van der Waals surface area contributed by atoms with Gasteiger partial charge in [0.05, 0.1) is 6.10 Å². The van der Waals surface area contributed by atoms with E-state index >= 15 is 0 Å². The number of ether oxygens (including phenoxy) is 1. The predicted octanol–water partition coefficient (Wildman–Crippen LogP) is 4.15. The molecular weight excluding hydrogens is 334 g/mol. The van der Waals surface area contributed by atoms with Gasteiger partial charge in [0.15, 0.2) is 0 Å². The van der Waals surface area contributed by atoms with Crippen LogP contribution in [0.5, 0.6) is 0 Å². The fraction of sp³-hybridized carbons (Fsp3) is 0.522. The van der Waals surface area contributed by atoms with E-state index < -0.39 is 0 Å². The van der Waals surface area contributed by atoms with Crippen molar-refractivity contribution in [3.63, 3.8) is 0 Å². The highest BCUT2D eigenvalue weighted by molar-refractivity contribution is 5.47. The first kappa shape index (κ1) is 19.8. The van der Waals surface area contributed by atoms with E-state index in [1.807, 2.05) is 18.2 Å². The Hall–Kier alpha value is -1.91. The number of fused-ring (bicyclic) bond motifs is 1. The second-order valence-corrected chi connectivity index (χ2v) is 7.53. The molecule has 0 unspecified atom stereocenters. The Kier molecular flexibility index (Phi) is 7.25. The molecule has 0 amide bonds. The maximum atomic E-state index is 6.02. The van der Waals surface area contributed by atoms with Crippen molar-refractivity contribution >= 4 is 5.82 Å². The van der Waals surface area contributed by atoms with Crippen LogP contribution in [0.2, 0.25) is 0 Å². The van der Waals surface area contributed by atoms with Gasteiger partial charge in [0.1, 0.15) is 5.82 Å². The molecule has 2 aliphatic heterocycles. The SMILES string of the molecule is C=C/C=C(\C=C)[C@@H](C)N1CC(OCCCCc2ccc3c(n2)NCCC3)C1. The van der Waals surface area contributed by atoms with Crippen molar-refractivity contribution in [2.24, 2.45) is 0 Å². The van der Waals surface area contributed by atoms with E-state index in [1.54, 1.807) is 0 Å². The lowest BCUT2D eigenvalue weighted by molar-refractivity contribution is -0.0641. The average Bonchev–Trinajstić information content (AvgIpc) is 2.66. The number of hydrogen-bond acceptors (Lipinski definition) is 4. The highest BCUT2D eigenvalue weighted by Gasteiger charge is 2.31. The van der Waals surface area contributed by atoms with E-state index in [4.69, 9.17) is 9.72 Å². The Labute approximate surface area is 164 Å². The summed E-state index contributed by atoms with van der Waals surface area (Å²) < 4.78 is 6.02. The van der Waals surface area contributed by atoms with Crippen LogP contribution in [0, 0.1) is 0 Å². The Balaban J connectivity index is 1.30. The molecule has 146 valence electrons. The molecule has 27 heavy (non-hydrogen) atoms. The molecule has 1 atom stereocenters. The minimum absolute atomic E-state index is 0.369. The number of hydrogen-bond donors (Lipinski definition) is 1. The van der Waals surface area contributed by atoms with Crippen molar-refractivity contribution in [2.75, 3.05) is 31.6 Å². The highest BCUT2D eigenvalue weighted by Crippen LogP contribution is 2.22. The normalized spacial score (nSPS) is 18.9. The molecular formula is C23H33N3O. The van der Waals surface area contributed by atoms with Gasteiger partial charge >= 0.3 is 0 Å². The van der Waals surface area contributed by atoms with Crippen LogP contribution in [-0.2, 0) is 17.6 Å². The standard InChI is InChI=1S/C23H33N3O/c1-4-9-19(5-2)18(3)26-16-22(17-26)27-15-7-6-11-21-13-12-20-10-8-14-24-23(20)25-21/h4-5,9,12-13,18,22H,1-2,6-8,10-11,14-17H2,3H3,(H,24,25)/b19-9+/t18-/m1/s1. The third-order valence-electron chi connectivity index (χ3n) is 5.59. The van der Waals surface area contributed by atoms with Gasteiger partial charge in [-0.1, -0.05) is 37.5 Å². The molecule has 0 bridgehead atoms. The Morgan fingerprint density at radius 2 is 2.22 bits per heavy atom. The molecule has 4 heteroatoms. The summed E-state index contributed by atoms with van der Waals surface area (Å²) in [4.78, 5) is 7.19. The number of nitrogens with one attached hydrogen (secondary N) is 1. The van der Waals surface area contributed by atoms with Crippen molar-refractivity contribution in [2.45, 2.75) is 51.2 Å². The molecule has 0 aromatic carbocycles. The quantitative estimate of drug-likeness (QED) is 0.498. The molecule has 0 spiro atoms.